The Morgan fingerprint density at radius 2 is 1.68 bits per heavy atom. The molecule has 0 aromatic heterocycles. The van der Waals surface area contributed by atoms with Gasteiger partial charge >= 0.3 is 0 Å². The van der Waals surface area contributed by atoms with Crippen molar-refractivity contribution in [2.45, 2.75) is 77.3 Å². The molecule has 3 rings (SSSR count). The Morgan fingerprint density at radius 3 is 2.29 bits per heavy atom. The maximum Gasteiger partial charge on any atom is 0.242 e. The van der Waals surface area contributed by atoms with Gasteiger partial charge < -0.3 is 15.0 Å². The molecule has 0 unspecified atom stereocenters. The number of amides is 2. The summed E-state index contributed by atoms with van der Waals surface area (Å²) in [5.74, 6) is 1.80. The molecule has 34 heavy (non-hydrogen) atoms. The topological polar surface area (TPSA) is 58.6 Å². The largest absolute Gasteiger partial charge is 0.497 e. The number of rotatable bonds is 10. The highest BCUT2D eigenvalue weighted by Crippen LogP contribution is 2.21. The van der Waals surface area contributed by atoms with Crippen LogP contribution in [-0.2, 0) is 21.9 Å². The van der Waals surface area contributed by atoms with E-state index in [9.17, 15) is 9.59 Å². The van der Waals surface area contributed by atoms with Crippen molar-refractivity contribution in [2.75, 3.05) is 12.9 Å². The zero-order valence-electron chi connectivity index (χ0n) is 20.9. The second kappa shape index (κ2) is 12.8. The zero-order valence-corrected chi connectivity index (χ0v) is 21.7. The number of methoxy groups -OCH3 is 1. The van der Waals surface area contributed by atoms with E-state index in [0.29, 0.717) is 12.3 Å². The Kier molecular flexibility index (Phi) is 9.87. The van der Waals surface area contributed by atoms with Crippen molar-refractivity contribution in [3.05, 3.63) is 64.7 Å². The lowest BCUT2D eigenvalue weighted by Crippen LogP contribution is -2.50. The minimum Gasteiger partial charge on any atom is -0.497 e. The van der Waals surface area contributed by atoms with Crippen LogP contribution >= 0.6 is 11.8 Å². The summed E-state index contributed by atoms with van der Waals surface area (Å²) in [5, 5.41) is 3.19. The molecule has 1 saturated carbocycles. The SMILES string of the molecule is COc1ccc(CN(C(=O)CSCc2cc(C)cc(C)c2)[C@H](C)C(=O)NC2CCCCC2)cc1. The molecule has 1 atom stereocenters. The molecule has 1 aliphatic rings. The van der Waals surface area contributed by atoms with Crippen LogP contribution in [0.2, 0.25) is 0 Å². The molecule has 0 spiro atoms. The van der Waals surface area contributed by atoms with Crippen molar-refractivity contribution in [3.63, 3.8) is 0 Å². The molecule has 5 nitrogen and oxygen atoms in total. The molecule has 6 heteroatoms. The van der Waals surface area contributed by atoms with E-state index in [2.05, 4.69) is 37.4 Å². The Balaban J connectivity index is 1.66. The number of hydrogen-bond acceptors (Lipinski definition) is 4. The molecule has 184 valence electrons. The fraction of sp³-hybridized carbons (Fsp3) is 0.500. The lowest BCUT2D eigenvalue weighted by Gasteiger charge is -2.31. The van der Waals surface area contributed by atoms with Gasteiger partial charge in [0, 0.05) is 18.3 Å². The van der Waals surface area contributed by atoms with Crippen molar-refractivity contribution in [1.29, 1.82) is 0 Å². The number of thioether (sulfide) groups is 1. The molecular weight excluding hydrogens is 444 g/mol. The number of nitrogens with one attached hydrogen (secondary N) is 1. The first kappa shape index (κ1) is 26.1. The highest BCUT2D eigenvalue weighted by atomic mass is 32.2. The fourth-order valence-corrected chi connectivity index (χ4v) is 5.42. The van der Waals surface area contributed by atoms with Crippen molar-refractivity contribution < 1.29 is 14.3 Å². The maximum atomic E-state index is 13.3. The average molecular weight is 483 g/mol. The molecular formula is C28H38N2O3S. The third-order valence-electron chi connectivity index (χ3n) is 6.41. The summed E-state index contributed by atoms with van der Waals surface area (Å²) >= 11 is 1.60. The van der Waals surface area contributed by atoms with Crippen LogP contribution in [-0.4, -0.2) is 41.7 Å². The van der Waals surface area contributed by atoms with Gasteiger partial charge in [-0.25, -0.2) is 0 Å². The first-order valence-corrected chi connectivity index (χ1v) is 13.4. The minimum atomic E-state index is -0.529. The summed E-state index contributed by atoms with van der Waals surface area (Å²) in [4.78, 5) is 28.1. The second-order valence-electron chi connectivity index (χ2n) is 9.38. The van der Waals surface area contributed by atoms with E-state index in [1.165, 1.54) is 23.1 Å². The molecule has 0 radical (unpaired) electrons. The number of benzene rings is 2. The van der Waals surface area contributed by atoms with Gasteiger partial charge in [0.2, 0.25) is 11.8 Å². The Hall–Kier alpha value is -2.47. The predicted octanol–water partition coefficient (Wildman–Crippen LogP) is 5.41. The van der Waals surface area contributed by atoms with E-state index >= 15 is 0 Å². The van der Waals surface area contributed by atoms with E-state index < -0.39 is 6.04 Å². The lowest BCUT2D eigenvalue weighted by molar-refractivity contribution is -0.139. The number of aryl methyl sites for hydroxylation is 2. The van der Waals surface area contributed by atoms with E-state index in [-0.39, 0.29) is 17.9 Å². The summed E-state index contributed by atoms with van der Waals surface area (Å²) in [6, 6.07) is 13.9. The first-order valence-electron chi connectivity index (χ1n) is 12.2. The van der Waals surface area contributed by atoms with Crippen LogP contribution < -0.4 is 10.1 Å². The summed E-state index contributed by atoms with van der Waals surface area (Å²) in [7, 11) is 1.63. The number of hydrogen-bond donors (Lipinski definition) is 1. The van der Waals surface area contributed by atoms with Crippen molar-refractivity contribution in [2.24, 2.45) is 0 Å². The Bertz CT molecular complexity index is 934. The van der Waals surface area contributed by atoms with Crippen LogP contribution in [0.1, 0.15) is 61.3 Å². The molecule has 2 aromatic carbocycles. The molecule has 2 amide bonds. The van der Waals surface area contributed by atoms with E-state index in [1.807, 2.05) is 31.2 Å². The fourth-order valence-electron chi connectivity index (χ4n) is 4.57. The lowest BCUT2D eigenvalue weighted by atomic mass is 9.95. The summed E-state index contributed by atoms with van der Waals surface area (Å²) in [5.41, 5.74) is 4.66. The van der Waals surface area contributed by atoms with Gasteiger partial charge in [-0.2, -0.15) is 0 Å². The summed E-state index contributed by atoms with van der Waals surface area (Å²) < 4.78 is 5.26. The minimum absolute atomic E-state index is 0.0171. The van der Waals surface area contributed by atoms with Gasteiger partial charge in [-0.05, 0) is 56.9 Å². The van der Waals surface area contributed by atoms with Gasteiger partial charge in [0.05, 0.1) is 12.9 Å². The summed E-state index contributed by atoms with van der Waals surface area (Å²) in [6.45, 7) is 6.42. The number of carbonyl (C=O) groups is 2. The van der Waals surface area contributed by atoms with Crippen LogP contribution in [0.5, 0.6) is 5.75 Å². The summed E-state index contributed by atoms with van der Waals surface area (Å²) in [6.07, 6.45) is 5.60. The second-order valence-corrected chi connectivity index (χ2v) is 10.4. The van der Waals surface area contributed by atoms with Gasteiger partial charge in [0.15, 0.2) is 0 Å². The van der Waals surface area contributed by atoms with Crippen molar-refractivity contribution in [1.82, 2.24) is 10.2 Å². The van der Waals surface area contributed by atoms with Crippen molar-refractivity contribution >= 4 is 23.6 Å². The smallest absolute Gasteiger partial charge is 0.242 e. The molecule has 0 aliphatic heterocycles. The predicted molar refractivity (Wildman–Crippen MR) is 140 cm³/mol. The normalized spacial score (nSPS) is 14.9. The monoisotopic (exact) mass is 482 g/mol. The number of carbonyl (C=O) groups excluding carboxylic acids is 2. The molecule has 0 heterocycles. The number of nitrogens with zero attached hydrogens (tertiary/aromatic N) is 1. The van der Waals surface area contributed by atoms with Crippen LogP contribution in [0.15, 0.2) is 42.5 Å². The maximum absolute atomic E-state index is 13.3. The van der Waals surface area contributed by atoms with Gasteiger partial charge in [0.25, 0.3) is 0 Å². The average Bonchev–Trinajstić information content (AvgIpc) is 2.82. The first-order chi connectivity index (χ1) is 16.4. The molecule has 1 N–H and O–H groups in total. The van der Waals surface area contributed by atoms with Gasteiger partial charge in [-0.3, -0.25) is 9.59 Å². The van der Waals surface area contributed by atoms with E-state index in [4.69, 9.17) is 4.74 Å². The quantitative estimate of drug-likeness (QED) is 0.492. The van der Waals surface area contributed by atoms with E-state index in [0.717, 1.165) is 42.7 Å². The Morgan fingerprint density at radius 1 is 1.03 bits per heavy atom. The van der Waals surface area contributed by atoms with Gasteiger partial charge in [-0.15, -0.1) is 11.8 Å². The highest BCUT2D eigenvalue weighted by molar-refractivity contribution is 7.99. The van der Waals surface area contributed by atoms with Crippen LogP contribution in [0.4, 0.5) is 0 Å². The van der Waals surface area contributed by atoms with Crippen molar-refractivity contribution in [3.8, 4) is 5.75 Å². The van der Waals surface area contributed by atoms with Crippen LogP contribution in [0.25, 0.3) is 0 Å². The molecule has 1 fully saturated rings. The van der Waals surface area contributed by atoms with Gasteiger partial charge in [0.1, 0.15) is 11.8 Å². The molecule has 0 bridgehead atoms. The molecule has 0 saturated heterocycles. The standard InChI is InChI=1S/C28H38N2O3S/c1-20-14-21(2)16-24(15-20)18-34-19-27(31)30(17-23-10-12-26(33-4)13-11-23)22(3)28(32)29-25-8-6-5-7-9-25/h10-16,22,25H,5-9,17-19H2,1-4H3,(H,29,32)/t22-/m1/s1. The van der Waals surface area contributed by atoms with Crippen LogP contribution in [0, 0.1) is 13.8 Å². The van der Waals surface area contributed by atoms with Crippen LogP contribution in [0.3, 0.4) is 0 Å². The third kappa shape index (κ3) is 7.79. The van der Waals surface area contributed by atoms with E-state index in [1.54, 1.807) is 23.8 Å². The Labute approximate surface area is 208 Å². The molecule has 1 aliphatic carbocycles. The number of ether oxygens (including phenoxy) is 1. The third-order valence-corrected chi connectivity index (χ3v) is 7.40. The highest BCUT2D eigenvalue weighted by Gasteiger charge is 2.28. The zero-order chi connectivity index (χ0) is 24.5. The van der Waals surface area contributed by atoms with Gasteiger partial charge in [-0.1, -0.05) is 60.7 Å². The molecule has 2 aromatic rings.